The van der Waals surface area contributed by atoms with Crippen LogP contribution in [0.3, 0.4) is 0 Å². The molecule has 1 N–H and O–H groups in total. The Morgan fingerprint density at radius 1 is 1.26 bits per heavy atom. The van der Waals surface area contributed by atoms with Gasteiger partial charge in [-0.05, 0) is 12.1 Å². The molecule has 0 aliphatic rings. The van der Waals surface area contributed by atoms with Gasteiger partial charge in [0.15, 0.2) is 5.78 Å². The van der Waals surface area contributed by atoms with Gasteiger partial charge in [-0.1, -0.05) is 47.9 Å². The second-order valence-electron chi connectivity index (χ2n) is 6.57. The third-order valence-corrected chi connectivity index (χ3v) is 5.53. The minimum atomic E-state index is -0.0826. The molecule has 0 unspecified atom stereocenters. The fourth-order valence-electron chi connectivity index (χ4n) is 2.66. The summed E-state index contributed by atoms with van der Waals surface area (Å²) in [6, 6.07) is 13.0. The lowest BCUT2D eigenvalue weighted by Crippen LogP contribution is -2.21. The highest BCUT2D eigenvalue weighted by Gasteiger charge is 2.19. The first-order chi connectivity index (χ1) is 12.8. The van der Waals surface area contributed by atoms with Crippen LogP contribution in [0.2, 0.25) is 4.34 Å². The number of nitrogens with one attached hydrogen (secondary N) is 1. The van der Waals surface area contributed by atoms with Crippen molar-refractivity contribution in [2.24, 2.45) is 0 Å². The Bertz CT molecular complexity index is 960. The summed E-state index contributed by atoms with van der Waals surface area (Å²) in [6.45, 7) is 1.94. The zero-order chi connectivity index (χ0) is 19.6. The number of carbonyl (C=O) groups is 1. The Hall–Kier alpha value is -2.44. The van der Waals surface area contributed by atoms with Gasteiger partial charge in [0.1, 0.15) is 17.3 Å². The molecule has 7 heteroatoms. The number of hydrogen-bond donors (Lipinski definition) is 1. The maximum Gasteiger partial charge on any atom is 0.173 e. The molecule has 0 fully saturated rings. The quantitative estimate of drug-likeness (QED) is 0.344. The van der Waals surface area contributed by atoms with Crippen molar-refractivity contribution < 1.29 is 9.32 Å². The minimum absolute atomic E-state index is 0.0453. The molecule has 27 heavy (non-hydrogen) atoms. The van der Waals surface area contributed by atoms with E-state index in [1.165, 1.54) is 11.3 Å². The van der Waals surface area contributed by atoms with Crippen molar-refractivity contribution in [3.05, 3.63) is 63.0 Å². The molecule has 3 aromatic rings. The van der Waals surface area contributed by atoms with Crippen molar-refractivity contribution in [2.45, 2.75) is 19.3 Å². The van der Waals surface area contributed by atoms with Gasteiger partial charge in [0.25, 0.3) is 0 Å². The molecule has 3 rings (SSSR count). The number of amidine groups is 1. The molecular weight excluding hydrogens is 382 g/mol. The zero-order valence-electron chi connectivity index (χ0n) is 15.3. The summed E-state index contributed by atoms with van der Waals surface area (Å²) < 4.78 is 6.07. The number of ketones is 1. The van der Waals surface area contributed by atoms with Crippen LogP contribution in [0.1, 0.15) is 40.3 Å². The van der Waals surface area contributed by atoms with Gasteiger partial charge >= 0.3 is 0 Å². The average Bonchev–Trinajstić information content (AvgIpc) is 3.30. The van der Waals surface area contributed by atoms with E-state index in [0.29, 0.717) is 32.9 Å². The zero-order valence-corrected chi connectivity index (χ0v) is 16.9. The Labute approximate surface area is 167 Å². The van der Waals surface area contributed by atoms with E-state index in [-0.39, 0.29) is 11.7 Å². The van der Waals surface area contributed by atoms with Crippen LogP contribution >= 0.6 is 22.9 Å². The molecule has 140 valence electrons. The molecule has 0 bridgehead atoms. The minimum Gasteiger partial charge on any atom is -0.363 e. The SMILES string of the molecule is C[C@@H](CC(=O)c1ccc(Cl)s1)c1cc(-c2ccc(C(=N)N(C)C)cc2)no1. The van der Waals surface area contributed by atoms with Gasteiger partial charge in [-0.15, -0.1) is 11.3 Å². The normalized spacial score (nSPS) is 12.0. The van der Waals surface area contributed by atoms with Gasteiger partial charge in [0.2, 0.25) is 0 Å². The topological polar surface area (TPSA) is 70.2 Å². The van der Waals surface area contributed by atoms with Crippen LogP contribution in [0.5, 0.6) is 0 Å². The Morgan fingerprint density at radius 3 is 2.56 bits per heavy atom. The molecule has 0 spiro atoms. The highest BCUT2D eigenvalue weighted by molar-refractivity contribution is 7.18. The van der Waals surface area contributed by atoms with Gasteiger partial charge in [0, 0.05) is 43.6 Å². The molecule has 1 aromatic carbocycles. The molecule has 0 saturated heterocycles. The highest BCUT2D eigenvalue weighted by atomic mass is 35.5. The molecule has 2 heterocycles. The van der Waals surface area contributed by atoms with Crippen LogP contribution in [0.4, 0.5) is 0 Å². The van der Waals surface area contributed by atoms with Gasteiger partial charge < -0.3 is 9.42 Å². The summed E-state index contributed by atoms with van der Waals surface area (Å²) in [4.78, 5) is 14.8. The van der Waals surface area contributed by atoms with Crippen molar-refractivity contribution in [1.82, 2.24) is 10.1 Å². The van der Waals surface area contributed by atoms with E-state index in [2.05, 4.69) is 5.16 Å². The van der Waals surface area contributed by atoms with Crippen LogP contribution in [0.25, 0.3) is 11.3 Å². The Kier molecular flexibility index (Phi) is 5.77. The van der Waals surface area contributed by atoms with E-state index < -0.39 is 0 Å². The Balaban J connectivity index is 1.70. The lowest BCUT2D eigenvalue weighted by molar-refractivity contribution is 0.0975. The lowest BCUT2D eigenvalue weighted by Gasteiger charge is -2.13. The van der Waals surface area contributed by atoms with Gasteiger partial charge in [-0.3, -0.25) is 10.2 Å². The average molecular weight is 402 g/mol. The van der Waals surface area contributed by atoms with Gasteiger partial charge in [-0.2, -0.15) is 0 Å². The van der Waals surface area contributed by atoms with Crippen molar-refractivity contribution in [1.29, 1.82) is 5.41 Å². The van der Waals surface area contributed by atoms with E-state index in [1.54, 1.807) is 17.0 Å². The standard InChI is InChI=1S/C20H20ClN3O2S/c1-12(10-16(25)18-8-9-19(21)27-18)17-11-15(23-26-17)13-4-6-14(7-5-13)20(22)24(2)3/h4-9,11-12,22H,10H2,1-3H3/t12-/m0/s1. The predicted octanol–water partition coefficient (Wildman–Crippen LogP) is 5.32. The number of hydrogen-bond acceptors (Lipinski definition) is 5. The largest absolute Gasteiger partial charge is 0.363 e. The first kappa shape index (κ1) is 19.3. The molecule has 0 saturated carbocycles. The smallest absolute Gasteiger partial charge is 0.173 e. The highest BCUT2D eigenvalue weighted by Crippen LogP contribution is 2.29. The summed E-state index contributed by atoms with van der Waals surface area (Å²) >= 11 is 7.19. The number of benzene rings is 1. The van der Waals surface area contributed by atoms with Crippen LogP contribution in [0, 0.1) is 5.41 Å². The van der Waals surface area contributed by atoms with E-state index >= 15 is 0 Å². The third-order valence-electron chi connectivity index (χ3n) is 4.26. The van der Waals surface area contributed by atoms with Crippen LogP contribution in [0.15, 0.2) is 47.0 Å². The second-order valence-corrected chi connectivity index (χ2v) is 8.28. The number of aromatic nitrogens is 1. The van der Waals surface area contributed by atoms with E-state index in [1.807, 2.05) is 51.4 Å². The van der Waals surface area contributed by atoms with Crippen molar-refractivity contribution in [3.8, 4) is 11.3 Å². The molecule has 2 aromatic heterocycles. The molecule has 5 nitrogen and oxygen atoms in total. The summed E-state index contributed by atoms with van der Waals surface area (Å²) in [7, 11) is 3.68. The molecule has 1 atom stereocenters. The van der Waals surface area contributed by atoms with E-state index in [4.69, 9.17) is 21.5 Å². The van der Waals surface area contributed by atoms with Crippen molar-refractivity contribution in [2.75, 3.05) is 14.1 Å². The first-order valence-electron chi connectivity index (χ1n) is 8.47. The van der Waals surface area contributed by atoms with Gasteiger partial charge in [0.05, 0.1) is 9.21 Å². The summed E-state index contributed by atoms with van der Waals surface area (Å²) in [6.07, 6.45) is 0.338. The fourth-order valence-corrected chi connectivity index (χ4v) is 3.65. The summed E-state index contributed by atoms with van der Waals surface area (Å²) in [5.74, 6) is 1.08. The van der Waals surface area contributed by atoms with Crippen LogP contribution in [-0.4, -0.2) is 35.8 Å². The number of thiophene rings is 1. The number of carbonyl (C=O) groups excluding carboxylic acids is 1. The predicted molar refractivity (Wildman–Crippen MR) is 109 cm³/mol. The first-order valence-corrected chi connectivity index (χ1v) is 9.66. The van der Waals surface area contributed by atoms with Crippen LogP contribution in [-0.2, 0) is 0 Å². The van der Waals surface area contributed by atoms with Crippen molar-refractivity contribution >= 4 is 34.6 Å². The summed E-state index contributed by atoms with van der Waals surface area (Å²) in [5.41, 5.74) is 2.45. The number of halogens is 1. The Morgan fingerprint density at radius 2 is 1.96 bits per heavy atom. The van der Waals surface area contributed by atoms with E-state index in [0.717, 1.165) is 11.1 Å². The van der Waals surface area contributed by atoms with E-state index in [9.17, 15) is 4.79 Å². The second kappa shape index (κ2) is 8.06. The molecule has 0 aliphatic carbocycles. The monoisotopic (exact) mass is 401 g/mol. The van der Waals surface area contributed by atoms with Crippen LogP contribution < -0.4 is 0 Å². The molecule has 0 radical (unpaired) electrons. The molecular formula is C20H20ClN3O2S. The number of nitrogens with zero attached hydrogens (tertiary/aromatic N) is 2. The molecule has 0 aliphatic heterocycles. The third kappa shape index (κ3) is 4.46. The summed E-state index contributed by atoms with van der Waals surface area (Å²) in [5, 5.41) is 12.1. The van der Waals surface area contributed by atoms with Crippen molar-refractivity contribution in [3.63, 3.8) is 0 Å². The fraction of sp³-hybridized carbons (Fsp3) is 0.250. The number of rotatable bonds is 6. The van der Waals surface area contributed by atoms with Gasteiger partial charge in [-0.25, -0.2) is 0 Å². The maximum absolute atomic E-state index is 12.3. The number of Topliss-reactive ketones (excluding diaryl/α,β-unsaturated/α-hetero) is 1. The maximum atomic E-state index is 12.3. The lowest BCUT2D eigenvalue weighted by atomic mass is 10.00. The molecule has 0 amide bonds.